The fraction of sp³-hybridized carbons (Fsp3) is 0.133. The van der Waals surface area contributed by atoms with Crippen LogP contribution in [0.1, 0.15) is 28.9 Å². The summed E-state index contributed by atoms with van der Waals surface area (Å²) in [4.78, 5) is 11.2. The molecule has 0 aliphatic carbocycles. The van der Waals surface area contributed by atoms with Gasteiger partial charge in [-0.2, -0.15) is 0 Å². The molecular weight excluding hydrogens is 262 g/mol. The highest BCUT2D eigenvalue weighted by Crippen LogP contribution is 2.27. The van der Waals surface area contributed by atoms with Crippen molar-refractivity contribution >= 4 is 23.3 Å². The Kier molecular flexibility index (Phi) is 4.07. The topological polar surface area (TPSA) is 49.3 Å². The molecule has 0 aromatic heterocycles. The van der Waals surface area contributed by atoms with E-state index in [1.807, 2.05) is 37.3 Å². The fourth-order valence-electron chi connectivity index (χ4n) is 1.92. The Morgan fingerprint density at radius 1 is 1.16 bits per heavy atom. The van der Waals surface area contributed by atoms with Crippen molar-refractivity contribution in [3.05, 3.63) is 64.7 Å². The Balaban J connectivity index is 2.29. The van der Waals surface area contributed by atoms with Crippen LogP contribution in [0.2, 0.25) is 5.02 Å². The molecule has 0 fully saturated rings. The standard InChI is InChI=1S/C15H14ClNO2/c1-10(11-6-3-2-4-7-11)17-13-9-5-8-12(16)14(13)15(18)19/h2-10,17H,1H3,(H,18,19). The summed E-state index contributed by atoms with van der Waals surface area (Å²) in [7, 11) is 0. The fourth-order valence-corrected chi connectivity index (χ4v) is 2.18. The lowest BCUT2D eigenvalue weighted by Crippen LogP contribution is -2.11. The van der Waals surface area contributed by atoms with Gasteiger partial charge in [0.1, 0.15) is 5.56 Å². The van der Waals surface area contributed by atoms with E-state index in [4.69, 9.17) is 11.6 Å². The van der Waals surface area contributed by atoms with Crippen LogP contribution in [0.4, 0.5) is 5.69 Å². The largest absolute Gasteiger partial charge is 0.478 e. The van der Waals surface area contributed by atoms with Gasteiger partial charge in [-0.1, -0.05) is 48.0 Å². The third kappa shape index (κ3) is 3.06. The molecule has 0 amide bonds. The van der Waals surface area contributed by atoms with Crippen molar-refractivity contribution in [2.45, 2.75) is 13.0 Å². The summed E-state index contributed by atoms with van der Waals surface area (Å²) in [6, 6.07) is 14.8. The molecule has 0 saturated heterocycles. The summed E-state index contributed by atoms with van der Waals surface area (Å²) in [5, 5.41) is 12.6. The quantitative estimate of drug-likeness (QED) is 0.879. The monoisotopic (exact) mass is 275 g/mol. The van der Waals surface area contributed by atoms with E-state index < -0.39 is 5.97 Å². The first-order chi connectivity index (χ1) is 9.09. The molecule has 0 heterocycles. The van der Waals surface area contributed by atoms with Crippen LogP contribution in [-0.2, 0) is 0 Å². The summed E-state index contributed by atoms with van der Waals surface area (Å²) in [5.41, 5.74) is 1.71. The Morgan fingerprint density at radius 3 is 2.47 bits per heavy atom. The molecule has 0 aliphatic rings. The Labute approximate surface area is 116 Å². The van der Waals surface area contributed by atoms with Gasteiger partial charge < -0.3 is 10.4 Å². The van der Waals surface area contributed by atoms with Crippen molar-refractivity contribution in [1.82, 2.24) is 0 Å². The number of anilines is 1. The molecule has 1 atom stereocenters. The second-order valence-corrected chi connectivity index (χ2v) is 4.65. The predicted molar refractivity (Wildman–Crippen MR) is 76.9 cm³/mol. The van der Waals surface area contributed by atoms with Crippen LogP contribution in [0.3, 0.4) is 0 Å². The number of benzene rings is 2. The summed E-state index contributed by atoms with van der Waals surface area (Å²) in [6.07, 6.45) is 0. The van der Waals surface area contributed by atoms with Gasteiger partial charge >= 0.3 is 5.97 Å². The van der Waals surface area contributed by atoms with Crippen LogP contribution < -0.4 is 5.32 Å². The third-order valence-corrected chi connectivity index (χ3v) is 3.21. The second-order valence-electron chi connectivity index (χ2n) is 4.24. The third-order valence-electron chi connectivity index (χ3n) is 2.90. The number of carbonyl (C=O) groups is 1. The zero-order valence-electron chi connectivity index (χ0n) is 10.4. The maximum absolute atomic E-state index is 11.2. The molecule has 2 aromatic rings. The van der Waals surface area contributed by atoms with E-state index in [-0.39, 0.29) is 16.6 Å². The first-order valence-electron chi connectivity index (χ1n) is 5.93. The highest BCUT2D eigenvalue weighted by molar-refractivity contribution is 6.34. The van der Waals surface area contributed by atoms with Gasteiger partial charge in [0.2, 0.25) is 0 Å². The van der Waals surface area contributed by atoms with Crippen LogP contribution in [0.25, 0.3) is 0 Å². The lowest BCUT2D eigenvalue weighted by Gasteiger charge is -2.17. The molecule has 19 heavy (non-hydrogen) atoms. The molecule has 0 bridgehead atoms. The van der Waals surface area contributed by atoms with E-state index in [2.05, 4.69) is 5.32 Å². The molecule has 4 heteroatoms. The maximum Gasteiger partial charge on any atom is 0.339 e. The van der Waals surface area contributed by atoms with E-state index in [0.29, 0.717) is 5.69 Å². The highest BCUT2D eigenvalue weighted by atomic mass is 35.5. The summed E-state index contributed by atoms with van der Waals surface area (Å²) in [6.45, 7) is 1.97. The maximum atomic E-state index is 11.2. The van der Waals surface area contributed by atoms with Crippen LogP contribution in [-0.4, -0.2) is 11.1 Å². The molecule has 0 spiro atoms. The average molecular weight is 276 g/mol. The normalized spacial score (nSPS) is 11.9. The first-order valence-corrected chi connectivity index (χ1v) is 6.30. The molecule has 3 nitrogen and oxygen atoms in total. The van der Waals surface area contributed by atoms with E-state index in [1.165, 1.54) is 0 Å². The lowest BCUT2D eigenvalue weighted by molar-refractivity contribution is 0.0698. The van der Waals surface area contributed by atoms with Gasteiger partial charge in [-0.05, 0) is 24.6 Å². The molecule has 0 aliphatic heterocycles. The number of hydrogen-bond acceptors (Lipinski definition) is 2. The molecule has 2 aromatic carbocycles. The zero-order valence-corrected chi connectivity index (χ0v) is 11.2. The van der Waals surface area contributed by atoms with Crippen molar-refractivity contribution in [3.63, 3.8) is 0 Å². The minimum atomic E-state index is -1.03. The predicted octanol–water partition coefficient (Wildman–Crippen LogP) is 4.21. The molecular formula is C15H14ClNO2. The minimum absolute atomic E-state index is 0.00207. The van der Waals surface area contributed by atoms with E-state index in [1.54, 1.807) is 18.2 Å². The average Bonchev–Trinajstić information content (AvgIpc) is 2.39. The number of halogens is 1. The molecule has 2 N–H and O–H groups in total. The molecule has 0 saturated carbocycles. The molecule has 1 unspecified atom stereocenters. The number of hydrogen-bond donors (Lipinski definition) is 2. The van der Waals surface area contributed by atoms with Crippen LogP contribution >= 0.6 is 11.6 Å². The molecule has 0 radical (unpaired) electrons. The van der Waals surface area contributed by atoms with E-state index in [0.717, 1.165) is 5.56 Å². The number of carboxylic acid groups (broad SMARTS) is 1. The number of carboxylic acids is 1. The van der Waals surface area contributed by atoms with Gasteiger partial charge in [0, 0.05) is 6.04 Å². The molecule has 2 rings (SSSR count). The molecule has 98 valence electrons. The van der Waals surface area contributed by atoms with Gasteiger partial charge in [0.25, 0.3) is 0 Å². The number of aromatic carboxylic acids is 1. The van der Waals surface area contributed by atoms with Crippen LogP contribution in [0.15, 0.2) is 48.5 Å². The lowest BCUT2D eigenvalue weighted by atomic mass is 10.1. The number of rotatable bonds is 4. The van der Waals surface area contributed by atoms with E-state index in [9.17, 15) is 9.90 Å². The summed E-state index contributed by atoms with van der Waals surface area (Å²) in [5.74, 6) is -1.03. The van der Waals surface area contributed by atoms with Gasteiger partial charge in [-0.15, -0.1) is 0 Å². The van der Waals surface area contributed by atoms with Crippen LogP contribution in [0.5, 0.6) is 0 Å². The van der Waals surface area contributed by atoms with Gasteiger partial charge in [-0.3, -0.25) is 0 Å². The summed E-state index contributed by atoms with van der Waals surface area (Å²) < 4.78 is 0. The SMILES string of the molecule is CC(Nc1cccc(Cl)c1C(=O)O)c1ccccc1. The number of nitrogens with one attached hydrogen (secondary N) is 1. The Morgan fingerprint density at radius 2 is 1.84 bits per heavy atom. The van der Waals surface area contributed by atoms with Gasteiger partial charge in [0.05, 0.1) is 10.7 Å². The van der Waals surface area contributed by atoms with E-state index >= 15 is 0 Å². The highest BCUT2D eigenvalue weighted by Gasteiger charge is 2.16. The summed E-state index contributed by atoms with van der Waals surface area (Å²) >= 11 is 5.93. The van der Waals surface area contributed by atoms with Crippen molar-refractivity contribution in [3.8, 4) is 0 Å². The first kappa shape index (κ1) is 13.4. The van der Waals surface area contributed by atoms with Crippen LogP contribution in [0, 0.1) is 0 Å². The van der Waals surface area contributed by atoms with Gasteiger partial charge in [-0.25, -0.2) is 4.79 Å². The Bertz CT molecular complexity index is 584. The van der Waals surface area contributed by atoms with Gasteiger partial charge in [0.15, 0.2) is 0 Å². The smallest absolute Gasteiger partial charge is 0.339 e. The Hall–Kier alpha value is -2.00. The second kappa shape index (κ2) is 5.76. The zero-order chi connectivity index (χ0) is 13.8. The van der Waals surface area contributed by atoms with Crippen molar-refractivity contribution < 1.29 is 9.90 Å². The minimum Gasteiger partial charge on any atom is -0.478 e. The van der Waals surface area contributed by atoms with Crippen molar-refractivity contribution in [2.75, 3.05) is 5.32 Å². The van der Waals surface area contributed by atoms with Crippen molar-refractivity contribution in [1.29, 1.82) is 0 Å². The van der Waals surface area contributed by atoms with Crippen molar-refractivity contribution in [2.24, 2.45) is 0 Å².